The van der Waals surface area contributed by atoms with Crippen molar-refractivity contribution in [1.29, 1.82) is 0 Å². The summed E-state index contributed by atoms with van der Waals surface area (Å²) in [6, 6.07) is 63.0. The monoisotopic (exact) mass is 814 g/mol. The van der Waals surface area contributed by atoms with Crippen LogP contribution in [0.3, 0.4) is 0 Å². The number of aliphatic hydroxyl groups excluding tert-OH is 2. The molecule has 1 atom stereocenters. The molecule has 1 unspecified atom stereocenters. The third-order valence-electron chi connectivity index (χ3n) is 12.7. The molecule has 1 aromatic heterocycles. The Morgan fingerprint density at radius 2 is 1.29 bits per heavy atom. The molecule has 0 aliphatic heterocycles. The lowest BCUT2D eigenvalue weighted by molar-refractivity contribution is 0.418. The highest BCUT2D eigenvalue weighted by Gasteiger charge is 2.40. The number of aliphatic hydroxyl groups is 2. The molecule has 0 fully saturated rings. The second-order valence-corrected chi connectivity index (χ2v) is 16.3. The number of nitrogens with zero attached hydrogens (tertiary/aromatic N) is 1. The van der Waals surface area contributed by atoms with Crippen LogP contribution in [0.4, 0.5) is 5.69 Å². The van der Waals surface area contributed by atoms with Crippen LogP contribution in [-0.2, 0) is 5.41 Å². The van der Waals surface area contributed by atoms with Crippen LogP contribution in [0.2, 0.25) is 0 Å². The van der Waals surface area contributed by atoms with E-state index in [-0.39, 0.29) is 16.9 Å². The fourth-order valence-electron chi connectivity index (χ4n) is 9.55. The largest absolute Gasteiger partial charge is 0.507 e. The molecular weight excluding hydrogens is 769 g/mol. The van der Waals surface area contributed by atoms with Crippen LogP contribution < -0.4 is 5.32 Å². The zero-order valence-corrected chi connectivity index (χ0v) is 35.3. The average molecular weight is 815 g/mol. The smallest absolute Gasteiger partial charge is 0.135 e. The first kappa shape index (κ1) is 39.1. The van der Waals surface area contributed by atoms with Crippen molar-refractivity contribution >= 4 is 55.9 Å². The summed E-state index contributed by atoms with van der Waals surface area (Å²) < 4.78 is 2.22. The first-order valence-corrected chi connectivity index (χ1v) is 21.3. The molecule has 0 saturated carbocycles. The summed E-state index contributed by atoms with van der Waals surface area (Å²) in [4.78, 5) is 0. The summed E-state index contributed by atoms with van der Waals surface area (Å²) >= 11 is 0. The minimum Gasteiger partial charge on any atom is -0.507 e. The third kappa shape index (κ3) is 6.83. The first-order chi connectivity index (χ1) is 30.8. The lowest BCUT2D eigenvalue weighted by Crippen LogP contribution is -2.22. The van der Waals surface area contributed by atoms with Gasteiger partial charge in [0.25, 0.3) is 0 Å². The number of para-hydroxylation sites is 1. The number of hydrogen-bond donors (Lipinski definition) is 3. The summed E-state index contributed by atoms with van der Waals surface area (Å²) in [6.45, 7) is 8.01. The number of hydrogen-bond acceptors (Lipinski definition) is 3. The van der Waals surface area contributed by atoms with Gasteiger partial charge in [-0.2, -0.15) is 0 Å². The van der Waals surface area contributed by atoms with Gasteiger partial charge >= 0.3 is 0 Å². The molecule has 4 heteroatoms. The predicted octanol–water partition coefficient (Wildman–Crippen LogP) is 15.4. The van der Waals surface area contributed by atoms with Crippen LogP contribution in [0.25, 0.3) is 67.0 Å². The van der Waals surface area contributed by atoms with Crippen molar-refractivity contribution in [2.45, 2.75) is 19.3 Å². The average Bonchev–Trinajstić information content (AvgIpc) is 3.83. The third-order valence-corrected chi connectivity index (χ3v) is 12.7. The molecule has 0 spiro atoms. The topological polar surface area (TPSA) is 57.4 Å². The Morgan fingerprint density at radius 1 is 0.619 bits per heavy atom. The molecule has 304 valence electrons. The molecule has 0 saturated heterocycles. The molecule has 0 bridgehead atoms. The molecule has 4 nitrogen and oxygen atoms in total. The Bertz CT molecular complexity index is 3360. The number of rotatable bonds is 10. The van der Waals surface area contributed by atoms with Gasteiger partial charge in [-0.25, -0.2) is 0 Å². The van der Waals surface area contributed by atoms with E-state index >= 15 is 0 Å². The fraction of sp³-hybridized carbons (Fsp3) is 0.0508. The first-order valence-electron chi connectivity index (χ1n) is 21.3. The number of anilines is 1. The predicted molar refractivity (Wildman–Crippen MR) is 265 cm³/mol. The standard InChI is InChI=1S/C59H46N2O2/c1-4-5-21-46-36-42-18-10-16-27-55(42)61(46)45-31-29-44(30-32-45)60-38-57(63)39(2)58(52-37-41-17-9-11-22-47(41)48-23-12-13-24-49(48)52)56(62)35-40-28-33-51-50-25-14-15-26-53(50)59(3,54(51)34-40)43-19-7-6-8-20-43/h4-38,60,62-63H,1H2,2-3H3/b21-5-,56-35+,57-38-,58-39-. The van der Waals surface area contributed by atoms with Crippen LogP contribution >= 0.6 is 0 Å². The maximum Gasteiger partial charge on any atom is 0.135 e. The zero-order chi connectivity index (χ0) is 43.1. The van der Waals surface area contributed by atoms with Gasteiger partial charge in [0.2, 0.25) is 0 Å². The molecule has 8 aromatic carbocycles. The lowest BCUT2D eigenvalue weighted by atomic mass is 9.74. The molecule has 10 rings (SSSR count). The summed E-state index contributed by atoms with van der Waals surface area (Å²) in [5.41, 5.74) is 12.4. The van der Waals surface area contributed by atoms with Gasteiger partial charge in [-0.1, -0.05) is 152 Å². The number of nitrogens with one attached hydrogen (secondary N) is 1. The minimum atomic E-state index is -0.388. The Morgan fingerprint density at radius 3 is 2.08 bits per heavy atom. The normalized spacial score (nSPS) is 15.5. The molecule has 1 aliphatic carbocycles. The van der Waals surface area contributed by atoms with Gasteiger partial charge in [0.05, 0.1) is 5.52 Å². The number of aromatic nitrogens is 1. The Kier molecular flexibility index (Phi) is 9.97. The van der Waals surface area contributed by atoms with Crippen molar-refractivity contribution in [2.24, 2.45) is 0 Å². The van der Waals surface area contributed by atoms with Gasteiger partial charge in [-0.3, -0.25) is 0 Å². The van der Waals surface area contributed by atoms with Crippen molar-refractivity contribution < 1.29 is 10.2 Å². The van der Waals surface area contributed by atoms with Crippen molar-refractivity contribution in [2.75, 3.05) is 5.32 Å². The van der Waals surface area contributed by atoms with Crippen molar-refractivity contribution in [3.63, 3.8) is 0 Å². The van der Waals surface area contributed by atoms with Crippen LogP contribution in [0, 0.1) is 0 Å². The van der Waals surface area contributed by atoms with E-state index in [1.807, 2.05) is 61.5 Å². The maximum absolute atomic E-state index is 12.5. The van der Waals surface area contributed by atoms with Gasteiger partial charge in [0.1, 0.15) is 11.5 Å². The molecular formula is C59H46N2O2. The van der Waals surface area contributed by atoms with Crippen molar-refractivity contribution in [3.05, 3.63) is 258 Å². The minimum absolute atomic E-state index is 0.000532. The summed E-state index contributed by atoms with van der Waals surface area (Å²) in [5.74, 6) is 0.0509. The van der Waals surface area contributed by atoms with Crippen LogP contribution in [0.5, 0.6) is 0 Å². The van der Waals surface area contributed by atoms with Crippen LogP contribution in [0.1, 0.15) is 47.4 Å². The molecule has 3 N–H and O–H groups in total. The second-order valence-electron chi connectivity index (χ2n) is 16.3. The second kappa shape index (κ2) is 16.1. The van der Waals surface area contributed by atoms with Gasteiger partial charge in [0, 0.05) is 45.2 Å². The molecule has 0 radical (unpaired) electrons. The van der Waals surface area contributed by atoms with E-state index in [4.69, 9.17) is 0 Å². The zero-order valence-electron chi connectivity index (χ0n) is 35.3. The summed E-state index contributed by atoms with van der Waals surface area (Å²) in [5, 5.41) is 33.2. The maximum atomic E-state index is 12.5. The molecule has 0 amide bonds. The number of allylic oxidation sites excluding steroid dienone is 4. The van der Waals surface area contributed by atoms with Crippen LogP contribution in [0.15, 0.2) is 224 Å². The number of fused-ring (bicyclic) bond motifs is 7. The summed E-state index contributed by atoms with van der Waals surface area (Å²) in [7, 11) is 0. The van der Waals surface area contributed by atoms with Crippen molar-refractivity contribution in [1.82, 2.24) is 4.57 Å². The number of benzene rings is 8. The highest BCUT2D eigenvalue weighted by molar-refractivity contribution is 6.13. The highest BCUT2D eigenvalue weighted by atomic mass is 16.3. The quantitative estimate of drug-likeness (QED) is 0.0732. The van der Waals surface area contributed by atoms with E-state index in [9.17, 15) is 10.2 Å². The van der Waals surface area contributed by atoms with Crippen molar-refractivity contribution in [3.8, 4) is 16.8 Å². The van der Waals surface area contributed by atoms with E-state index < -0.39 is 0 Å². The lowest BCUT2D eigenvalue weighted by Gasteiger charge is -2.28. The van der Waals surface area contributed by atoms with Gasteiger partial charge in [-0.05, 0) is 135 Å². The molecule has 1 aliphatic rings. The Labute approximate surface area is 368 Å². The van der Waals surface area contributed by atoms with E-state index in [2.05, 4.69) is 169 Å². The van der Waals surface area contributed by atoms with Gasteiger partial charge < -0.3 is 20.1 Å². The van der Waals surface area contributed by atoms with Gasteiger partial charge in [-0.15, -0.1) is 0 Å². The SMILES string of the molecule is C=C/C=C\c1cc2ccccc2n1-c1ccc(N/C=C(O)/C(C)=C(\C(O)=C/c2ccc3c(c2)C(C)(c2ccccc2)c2ccccc2-3)c2cc3ccccc3c3ccccc23)cc1. The van der Waals surface area contributed by atoms with Gasteiger partial charge in [0.15, 0.2) is 0 Å². The Hall–Kier alpha value is -8.08. The Balaban J connectivity index is 1.07. The van der Waals surface area contributed by atoms with Crippen LogP contribution in [-0.4, -0.2) is 14.8 Å². The summed E-state index contributed by atoms with van der Waals surface area (Å²) in [6.07, 6.45) is 9.21. The van der Waals surface area contributed by atoms with E-state index in [1.54, 1.807) is 12.3 Å². The fourth-order valence-corrected chi connectivity index (χ4v) is 9.55. The molecule has 1 heterocycles. The van der Waals surface area contributed by atoms with E-state index in [0.717, 1.165) is 60.6 Å². The molecule has 9 aromatic rings. The van der Waals surface area contributed by atoms with E-state index in [0.29, 0.717) is 11.1 Å². The highest BCUT2D eigenvalue weighted by Crippen LogP contribution is 2.52. The van der Waals surface area contributed by atoms with E-state index in [1.165, 1.54) is 27.8 Å². The molecule has 63 heavy (non-hydrogen) atoms.